The molecule has 1 heterocycles. The molecule has 104 valence electrons. The van der Waals surface area contributed by atoms with Crippen molar-refractivity contribution in [3.63, 3.8) is 0 Å². The molecule has 2 aromatic carbocycles. The van der Waals surface area contributed by atoms with Crippen molar-refractivity contribution in [2.45, 2.75) is 19.4 Å². The molecule has 4 heteroatoms. The molecule has 1 aliphatic rings. The molecule has 20 heavy (non-hydrogen) atoms. The molecule has 1 unspecified atom stereocenters. The highest BCUT2D eigenvalue weighted by Gasteiger charge is 2.24. The molecule has 3 nitrogen and oxygen atoms in total. The molecule has 1 aliphatic heterocycles. The smallest absolute Gasteiger partial charge is 0.142 e. The first-order valence-electron chi connectivity index (χ1n) is 6.56. The number of para-hydroxylation sites is 1. The number of rotatable bonds is 3. The number of hydrogen-bond acceptors (Lipinski definition) is 3. The predicted octanol–water partition coefficient (Wildman–Crippen LogP) is 3.10. The third-order valence-electron chi connectivity index (χ3n) is 3.47. The van der Waals surface area contributed by atoms with Gasteiger partial charge in [0.25, 0.3) is 0 Å². The van der Waals surface area contributed by atoms with E-state index in [-0.39, 0.29) is 11.9 Å². The Morgan fingerprint density at radius 1 is 1.35 bits per heavy atom. The molecule has 0 aromatic heterocycles. The van der Waals surface area contributed by atoms with Crippen molar-refractivity contribution < 1.29 is 13.9 Å². The molecule has 0 spiro atoms. The van der Waals surface area contributed by atoms with E-state index in [9.17, 15) is 4.39 Å². The van der Waals surface area contributed by atoms with Gasteiger partial charge in [0.15, 0.2) is 0 Å². The number of aryl methyl sites for hydroxylation is 1. The van der Waals surface area contributed by atoms with E-state index < -0.39 is 0 Å². The van der Waals surface area contributed by atoms with E-state index in [1.165, 1.54) is 12.1 Å². The number of anilines is 1. The highest BCUT2D eigenvalue weighted by Crippen LogP contribution is 2.30. The molecule has 0 radical (unpaired) electrons. The van der Waals surface area contributed by atoms with Crippen LogP contribution in [0.2, 0.25) is 0 Å². The largest absolute Gasteiger partial charge is 0.488 e. The second-order valence-corrected chi connectivity index (χ2v) is 4.99. The highest BCUT2D eigenvalue weighted by atomic mass is 19.1. The van der Waals surface area contributed by atoms with Crippen molar-refractivity contribution in [3.8, 4) is 11.5 Å². The quantitative estimate of drug-likeness (QED) is 0.874. The van der Waals surface area contributed by atoms with Crippen molar-refractivity contribution in [1.29, 1.82) is 0 Å². The van der Waals surface area contributed by atoms with Gasteiger partial charge in [-0.1, -0.05) is 12.1 Å². The second kappa shape index (κ2) is 5.04. The average Bonchev–Trinajstić information content (AvgIpc) is 2.82. The van der Waals surface area contributed by atoms with Gasteiger partial charge in [0, 0.05) is 12.0 Å². The first-order chi connectivity index (χ1) is 9.63. The monoisotopic (exact) mass is 273 g/mol. The third-order valence-corrected chi connectivity index (χ3v) is 3.47. The maximum atomic E-state index is 13.1. The fourth-order valence-electron chi connectivity index (χ4n) is 2.34. The lowest BCUT2D eigenvalue weighted by Gasteiger charge is -2.14. The molecule has 0 saturated heterocycles. The summed E-state index contributed by atoms with van der Waals surface area (Å²) in [6, 6.07) is 10.3. The number of nitrogens with two attached hydrogens (primary N) is 1. The maximum absolute atomic E-state index is 13.1. The Morgan fingerprint density at radius 2 is 2.20 bits per heavy atom. The van der Waals surface area contributed by atoms with Gasteiger partial charge in [-0.15, -0.1) is 0 Å². The van der Waals surface area contributed by atoms with E-state index in [0.29, 0.717) is 24.5 Å². The Bertz CT molecular complexity index is 642. The molecule has 0 amide bonds. The van der Waals surface area contributed by atoms with Crippen LogP contribution in [0.25, 0.3) is 0 Å². The van der Waals surface area contributed by atoms with Gasteiger partial charge >= 0.3 is 0 Å². The van der Waals surface area contributed by atoms with E-state index >= 15 is 0 Å². The van der Waals surface area contributed by atoms with E-state index in [4.69, 9.17) is 15.2 Å². The molecule has 0 aliphatic carbocycles. The molecular formula is C16H16FNO2. The Kier molecular flexibility index (Phi) is 3.22. The zero-order chi connectivity index (χ0) is 14.1. The lowest BCUT2D eigenvalue weighted by atomic mass is 10.1. The van der Waals surface area contributed by atoms with Crippen LogP contribution < -0.4 is 15.2 Å². The molecule has 0 saturated carbocycles. The summed E-state index contributed by atoms with van der Waals surface area (Å²) in [4.78, 5) is 0. The minimum atomic E-state index is -0.239. The van der Waals surface area contributed by atoms with Crippen molar-refractivity contribution >= 4 is 5.69 Å². The van der Waals surface area contributed by atoms with Gasteiger partial charge in [0.2, 0.25) is 0 Å². The molecule has 2 aromatic rings. The minimum absolute atomic E-state index is 0.105. The van der Waals surface area contributed by atoms with Crippen LogP contribution in [0.15, 0.2) is 36.4 Å². The lowest BCUT2D eigenvalue weighted by molar-refractivity contribution is 0.149. The van der Waals surface area contributed by atoms with Gasteiger partial charge in [0.1, 0.15) is 30.0 Å². The van der Waals surface area contributed by atoms with Gasteiger partial charge < -0.3 is 15.2 Å². The van der Waals surface area contributed by atoms with Gasteiger partial charge in [-0.2, -0.15) is 0 Å². The molecule has 1 atom stereocenters. The summed E-state index contributed by atoms with van der Waals surface area (Å²) in [6.45, 7) is 2.33. The number of benzene rings is 2. The molecule has 3 rings (SSSR count). The normalized spacial score (nSPS) is 16.6. The first kappa shape index (κ1) is 12.8. The fraction of sp³-hybridized carbons (Fsp3) is 0.250. The molecule has 0 bridgehead atoms. The van der Waals surface area contributed by atoms with E-state index in [1.807, 2.05) is 25.1 Å². The summed E-state index contributed by atoms with van der Waals surface area (Å²) in [5.41, 5.74) is 8.47. The number of ether oxygens (including phenoxy) is 2. The number of fused-ring (bicyclic) bond motifs is 1. The fourth-order valence-corrected chi connectivity index (χ4v) is 2.34. The van der Waals surface area contributed by atoms with Gasteiger partial charge in [-0.05, 0) is 36.8 Å². The summed E-state index contributed by atoms with van der Waals surface area (Å²) in [5.74, 6) is 1.16. The first-order valence-corrected chi connectivity index (χ1v) is 6.56. The molecular weight excluding hydrogens is 257 g/mol. The lowest BCUT2D eigenvalue weighted by Crippen LogP contribution is -2.22. The van der Waals surface area contributed by atoms with Crippen LogP contribution in [0.4, 0.5) is 10.1 Å². The van der Waals surface area contributed by atoms with Crippen LogP contribution in [0.3, 0.4) is 0 Å². The number of nitrogen functional groups attached to an aromatic ring is 1. The Morgan fingerprint density at radius 3 is 3.05 bits per heavy atom. The predicted molar refractivity (Wildman–Crippen MR) is 75.6 cm³/mol. The van der Waals surface area contributed by atoms with Gasteiger partial charge in [-0.25, -0.2) is 4.39 Å². The molecule has 2 N–H and O–H groups in total. The number of hydrogen-bond donors (Lipinski definition) is 1. The van der Waals surface area contributed by atoms with E-state index in [1.54, 1.807) is 6.07 Å². The van der Waals surface area contributed by atoms with Crippen molar-refractivity contribution in [2.75, 3.05) is 12.3 Å². The zero-order valence-electron chi connectivity index (χ0n) is 11.2. The zero-order valence-corrected chi connectivity index (χ0v) is 11.2. The van der Waals surface area contributed by atoms with E-state index in [2.05, 4.69) is 0 Å². The average molecular weight is 273 g/mol. The Hall–Kier alpha value is -2.23. The minimum Gasteiger partial charge on any atom is -0.488 e. The molecule has 0 fully saturated rings. The Labute approximate surface area is 117 Å². The standard InChI is InChI=1S/C16H16FNO2/c1-10-3-2-4-15(16(10)18)19-9-13-8-11-7-12(17)5-6-14(11)20-13/h2-7,13H,8-9,18H2,1H3. The van der Waals surface area contributed by atoms with E-state index in [0.717, 1.165) is 16.9 Å². The van der Waals surface area contributed by atoms with Crippen LogP contribution in [0.5, 0.6) is 11.5 Å². The topological polar surface area (TPSA) is 44.5 Å². The van der Waals surface area contributed by atoms with Crippen LogP contribution in [-0.2, 0) is 6.42 Å². The van der Waals surface area contributed by atoms with Crippen LogP contribution in [0, 0.1) is 12.7 Å². The Balaban J connectivity index is 1.65. The van der Waals surface area contributed by atoms with Gasteiger partial charge in [-0.3, -0.25) is 0 Å². The summed E-state index contributed by atoms with van der Waals surface area (Å²) < 4.78 is 24.6. The third kappa shape index (κ3) is 2.41. The summed E-state index contributed by atoms with van der Waals surface area (Å²) >= 11 is 0. The number of halogens is 1. The summed E-state index contributed by atoms with van der Waals surface area (Å²) in [6.07, 6.45) is 0.547. The van der Waals surface area contributed by atoms with Gasteiger partial charge in [0.05, 0.1) is 5.69 Å². The van der Waals surface area contributed by atoms with Crippen LogP contribution in [-0.4, -0.2) is 12.7 Å². The SMILES string of the molecule is Cc1cccc(OCC2Cc3cc(F)ccc3O2)c1N. The van der Waals surface area contributed by atoms with Crippen LogP contribution >= 0.6 is 0 Å². The van der Waals surface area contributed by atoms with Crippen molar-refractivity contribution in [3.05, 3.63) is 53.3 Å². The summed E-state index contributed by atoms with van der Waals surface area (Å²) in [7, 11) is 0. The maximum Gasteiger partial charge on any atom is 0.142 e. The highest BCUT2D eigenvalue weighted by molar-refractivity contribution is 5.57. The summed E-state index contributed by atoms with van der Waals surface area (Å²) in [5, 5.41) is 0. The van der Waals surface area contributed by atoms with Crippen LogP contribution in [0.1, 0.15) is 11.1 Å². The second-order valence-electron chi connectivity index (χ2n) is 4.99. The van der Waals surface area contributed by atoms with Crippen molar-refractivity contribution in [2.24, 2.45) is 0 Å². The van der Waals surface area contributed by atoms with Crippen molar-refractivity contribution in [1.82, 2.24) is 0 Å².